The van der Waals surface area contributed by atoms with Crippen LogP contribution in [0.2, 0.25) is 0 Å². The predicted molar refractivity (Wildman–Crippen MR) is 126 cm³/mol. The standard InChI is InChI=1S/C25H48N2O4/c1-24(2,13-7-6-10-18-28)14-8-11-19-31-20-12-9-15-25(3,4)16-17-27-22(29)21-26(5)23(27)30/h28H,6-21H2,1-5H3. The molecule has 182 valence electrons. The molecule has 0 atom stereocenters. The topological polar surface area (TPSA) is 70.1 Å². The Morgan fingerprint density at radius 1 is 0.806 bits per heavy atom. The molecule has 31 heavy (non-hydrogen) atoms. The van der Waals surface area contributed by atoms with Gasteiger partial charge < -0.3 is 14.7 Å². The highest BCUT2D eigenvalue weighted by Crippen LogP contribution is 2.30. The molecule has 6 nitrogen and oxygen atoms in total. The molecule has 0 aromatic carbocycles. The first-order valence-corrected chi connectivity index (χ1v) is 12.3. The number of imide groups is 1. The molecule has 1 heterocycles. The number of ether oxygens (including phenoxy) is 1. The van der Waals surface area contributed by atoms with Crippen LogP contribution in [-0.4, -0.2) is 66.8 Å². The molecule has 0 aromatic rings. The van der Waals surface area contributed by atoms with Gasteiger partial charge in [-0.2, -0.15) is 0 Å². The summed E-state index contributed by atoms with van der Waals surface area (Å²) in [6.45, 7) is 11.8. The molecule has 0 spiro atoms. The normalized spacial score (nSPS) is 15.4. The number of likely N-dealkylation sites (N-methyl/N-ethyl adjacent to an activating group) is 1. The summed E-state index contributed by atoms with van der Waals surface area (Å²) < 4.78 is 5.83. The molecule has 0 aliphatic carbocycles. The number of carbonyl (C=O) groups excluding carboxylic acids is 2. The maximum atomic E-state index is 12.0. The summed E-state index contributed by atoms with van der Waals surface area (Å²) in [4.78, 5) is 26.7. The van der Waals surface area contributed by atoms with Crippen LogP contribution in [0, 0.1) is 10.8 Å². The van der Waals surface area contributed by atoms with E-state index in [1.807, 2.05) is 0 Å². The highest BCUT2D eigenvalue weighted by atomic mass is 16.5. The Kier molecular flexibility index (Phi) is 12.7. The third-order valence-corrected chi connectivity index (χ3v) is 6.54. The third kappa shape index (κ3) is 11.9. The molecule has 1 aliphatic heterocycles. The van der Waals surface area contributed by atoms with E-state index in [1.54, 1.807) is 7.05 Å². The van der Waals surface area contributed by atoms with Crippen LogP contribution in [0.25, 0.3) is 0 Å². The van der Waals surface area contributed by atoms with Gasteiger partial charge in [-0.15, -0.1) is 0 Å². The molecule has 6 heteroatoms. The number of nitrogens with zero attached hydrogens (tertiary/aromatic N) is 2. The molecule has 1 N–H and O–H groups in total. The van der Waals surface area contributed by atoms with Crippen molar-refractivity contribution in [3.8, 4) is 0 Å². The van der Waals surface area contributed by atoms with Crippen molar-refractivity contribution >= 4 is 11.9 Å². The maximum absolute atomic E-state index is 12.0. The number of unbranched alkanes of at least 4 members (excludes halogenated alkanes) is 4. The fourth-order valence-electron chi connectivity index (χ4n) is 4.16. The first kappa shape index (κ1) is 27.9. The first-order chi connectivity index (χ1) is 14.6. The van der Waals surface area contributed by atoms with Crippen molar-refractivity contribution in [1.82, 2.24) is 9.80 Å². The zero-order valence-electron chi connectivity index (χ0n) is 20.9. The van der Waals surface area contributed by atoms with Gasteiger partial charge in [-0.3, -0.25) is 9.69 Å². The second-order valence-electron chi connectivity index (χ2n) is 10.8. The molecular formula is C25H48N2O4. The van der Waals surface area contributed by atoms with Gasteiger partial charge in [-0.25, -0.2) is 4.79 Å². The summed E-state index contributed by atoms with van der Waals surface area (Å²) in [5.41, 5.74) is 0.505. The molecule has 0 saturated carbocycles. The number of urea groups is 1. The van der Waals surface area contributed by atoms with E-state index in [2.05, 4.69) is 27.7 Å². The highest BCUT2D eigenvalue weighted by Gasteiger charge is 2.34. The molecule has 0 bridgehead atoms. The lowest BCUT2D eigenvalue weighted by Gasteiger charge is -2.26. The summed E-state index contributed by atoms with van der Waals surface area (Å²) in [6, 6.07) is -0.167. The van der Waals surface area contributed by atoms with Crippen LogP contribution in [0.4, 0.5) is 4.79 Å². The molecule has 0 aromatic heterocycles. The van der Waals surface area contributed by atoms with Crippen molar-refractivity contribution in [3.05, 3.63) is 0 Å². The minimum absolute atomic E-state index is 0.0817. The average Bonchev–Trinajstić information content (AvgIpc) is 2.93. The van der Waals surface area contributed by atoms with Crippen molar-refractivity contribution in [2.24, 2.45) is 10.8 Å². The van der Waals surface area contributed by atoms with Gasteiger partial charge in [-0.05, 0) is 55.8 Å². The van der Waals surface area contributed by atoms with Gasteiger partial charge in [0.2, 0.25) is 5.91 Å². The van der Waals surface area contributed by atoms with Crippen LogP contribution >= 0.6 is 0 Å². The van der Waals surface area contributed by atoms with Crippen LogP contribution in [0.15, 0.2) is 0 Å². The number of amides is 3. The van der Waals surface area contributed by atoms with E-state index in [9.17, 15) is 9.59 Å². The molecule has 0 unspecified atom stereocenters. The quantitative estimate of drug-likeness (QED) is 0.234. The zero-order chi connectivity index (χ0) is 23.3. The SMILES string of the molecule is CN1CC(=O)N(CCC(C)(C)CCCCOCCCCC(C)(C)CCCCCO)C1=O. The van der Waals surface area contributed by atoms with Crippen LogP contribution in [0.3, 0.4) is 0 Å². The second kappa shape index (κ2) is 14.1. The second-order valence-corrected chi connectivity index (χ2v) is 10.8. The molecular weight excluding hydrogens is 392 g/mol. The molecule has 1 fully saturated rings. The van der Waals surface area contributed by atoms with E-state index in [-0.39, 0.29) is 23.9 Å². The summed E-state index contributed by atoms with van der Waals surface area (Å²) >= 11 is 0. The number of hydrogen-bond acceptors (Lipinski definition) is 4. The molecule has 1 saturated heterocycles. The van der Waals surface area contributed by atoms with E-state index in [0.717, 1.165) is 58.2 Å². The van der Waals surface area contributed by atoms with E-state index in [0.29, 0.717) is 18.6 Å². The van der Waals surface area contributed by atoms with E-state index >= 15 is 0 Å². The van der Waals surface area contributed by atoms with Crippen molar-refractivity contribution in [2.45, 2.75) is 98.3 Å². The van der Waals surface area contributed by atoms with Gasteiger partial charge in [0.05, 0.1) is 0 Å². The van der Waals surface area contributed by atoms with Crippen molar-refractivity contribution in [2.75, 3.05) is 40.0 Å². The number of carbonyl (C=O) groups is 2. The predicted octanol–water partition coefficient (Wildman–Crippen LogP) is 5.23. The monoisotopic (exact) mass is 440 g/mol. The van der Waals surface area contributed by atoms with Crippen molar-refractivity contribution in [1.29, 1.82) is 0 Å². The van der Waals surface area contributed by atoms with Gasteiger partial charge >= 0.3 is 6.03 Å². The Hall–Kier alpha value is -1.14. The number of aliphatic hydroxyl groups is 1. The van der Waals surface area contributed by atoms with Crippen LogP contribution in [0.1, 0.15) is 98.3 Å². The first-order valence-electron chi connectivity index (χ1n) is 12.3. The van der Waals surface area contributed by atoms with Gasteiger partial charge in [-0.1, -0.05) is 53.4 Å². The maximum Gasteiger partial charge on any atom is 0.326 e. The lowest BCUT2D eigenvalue weighted by Crippen LogP contribution is -2.34. The summed E-state index contributed by atoms with van der Waals surface area (Å²) in [7, 11) is 1.67. The summed E-state index contributed by atoms with van der Waals surface area (Å²) in [6.07, 6.45) is 12.2. The lowest BCUT2D eigenvalue weighted by atomic mass is 9.82. The Morgan fingerprint density at radius 2 is 1.32 bits per heavy atom. The number of aliphatic hydroxyl groups excluding tert-OH is 1. The van der Waals surface area contributed by atoms with E-state index < -0.39 is 0 Å². The zero-order valence-corrected chi connectivity index (χ0v) is 20.9. The highest BCUT2D eigenvalue weighted by molar-refractivity contribution is 6.01. The minimum atomic E-state index is -0.167. The minimum Gasteiger partial charge on any atom is -0.396 e. The fourth-order valence-corrected chi connectivity index (χ4v) is 4.16. The Labute approximate surface area is 190 Å². The third-order valence-electron chi connectivity index (χ3n) is 6.54. The Bertz CT molecular complexity index is 534. The summed E-state index contributed by atoms with van der Waals surface area (Å²) in [5, 5.41) is 8.86. The van der Waals surface area contributed by atoms with Crippen LogP contribution < -0.4 is 0 Å². The van der Waals surface area contributed by atoms with E-state index in [4.69, 9.17) is 9.84 Å². The smallest absolute Gasteiger partial charge is 0.326 e. The van der Waals surface area contributed by atoms with Gasteiger partial charge in [0.15, 0.2) is 0 Å². The fraction of sp³-hybridized carbons (Fsp3) is 0.920. The lowest BCUT2D eigenvalue weighted by molar-refractivity contribution is -0.125. The van der Waals surface area contributed by atoms with Crippen molar-refractivity contribution < 1.29 is 19.4 Å². The van der Waals surface area contributed by atoms with Crippen LogP contribution in [-0.2, 0) is 9.53 Å². The largest absolute Gasteiger partial charge is 0.396 e. The molecule has 1 aliphatic rings. The molecule has 3 amide bonds. The molecule has 0 radical (unpaired) electrons. The van der Waals surface area contributed by atoms with Crippen LogP contribution in [0.5, 0.6) is 0 Å². The van der Waals surface area contributed by atoms with Gasteiger partial charge in [0, 0.05) is 33.4 Å². The average molecular weight is 441 g/mol. The summed E-state index contributed by atoms with van der Waals surface area (Å²) in [5.74, 6) is -0.0817. The number of hydrogen-bond donors (Lipinski definition) is 1. The Balaban J connectivity index is 2.02. The molecule has 1 rings (SSSR count). The van der Waals surface area contributed by atoms with Gasteiger partial charge in [0.1, 0.15) is 6.54 Å². The number of rotatable bonds is 18. The van der Waals surface area contributed by atoms with Crippen molar-refractivity contribution in [3.63, 3.8) is 0 Å². The van der Waals surface area contributed by atoms with Gasteiger partial charge in [0.25, 0.3) is 0 Å². The van der Waals surface area contributed by atoms with E-state index in [1.165, 1.54) is 35.5 Å². The Morgan fingerprint density at radius 3 is 1.81 bits per heavy atom.